The first-order chi connectivity index (χ1) is 5.68. The van der Waals surface area contributed by atoms with E-state index in [1.165, 1.54) is 0 Å². The molecule has 0 aliphatic rings. The molecule has 1 aromatic carbocycles. The SMILES string of the molecule is Cc1cc2c(C)c(O)ccc2[nH]1. The molecule has 1 heterocycles. The van der Waals surface area contributed by atoms with Crippen LogP contribution in [0.5, 0.6) is 5.75 Å². The minimum Gasteiger partial charge on any atom is -0.508 e. The topological polar surface area (TPSA) is 36.0 Å². The normalized spacial score (nSPS) is 10.8. The Labute approximate surface area is 70.8 Å². The monoisotopic (exact) mass is 161 g/mol. The van der Waals surface area contributed by atoms with Crippen molar-refractivity contribution < 1.29 is 5.11 Å². The van der Waals surface area contributed by atoms with E-state index in [1.807, 2.05) is 26.0 Å². The Balaban J connectivity index is 2.89. The van der Waals surface area contributed by atoms with E-state index < -0.39 is 0 Å². The van der Waals surface area contributed by atoms with Gasteiger partial charge < -0.3 is 10.1 Å². The molecule has 1 aromatic heterocycles. The Kier molecular flexibility index (Phi) is 1.37. The highest BCUT2D eigenvalue weighted by molar-refractivity contribution is 5.85. The number of nitrogens with one attached hydrogen (secondary N) is 1. The van der Waals surface area contributed by atoms with Crippen LogP contribution in [0.1, 0.15) is 11.3 Å². The van der Waals surface area contributed by atoms with Gasteiger partial charge in [-0.15, -0.1) is 0 Å². The molecule has 2 nitrogen and oxygen atoms in total. The van der Waals surface area contributed by atoms with Crippen LogP contribution in [0.25, 0.3) is 10.9 Å². The zero-order valence-electron chi connectivity index (χ0n) is 7.18. The molecule has 0 amide bonds. The van der Waals surface area contributed by atoms with Crippen LogP contribution in [0, 0.1) is 13.8 Å². The van der Waals surface area contributed by atoms with Crippen LogP contribution < -0.4 is 0 Å². The fourth-order valence-corrected chi connectivity index (χ4v) is 1.48. The summed E-state index contributed by atoms with van der Waals surface area (Å²) in [5.74, 6) is 0.363. The van der Waals surface area contributed by atoms with Crippen LogP contribution >= 0.6 is 0 Å². The number of aromatic amines is 1. The van der Waals surface area contributed by atoms with Crippen LogP contribution in [0.15, 0.2) is 18.2 Å². The maximum absolute atomic E-state index is 9.41. The smallest absolute Gasteiger partial charge is 0.119 e. The summed E-state index contributed by atoms with van der Waals surface area (Å²) in [4.78, 5) is 3.22. The van der Waals surface area contributed by atoms with Crippen LogP contribution in [-0.2, 0) is 0 Å². The van der Waals surface area contributed by atoms with Crippen molar-refractivity contribution in [1.82, 2.24) is 4.98 Å². The van der Waals surface area contributed by atoms with Crippen molar-refractivity contribution in [2.24, 2.45) is 0 Å². The van der Waals surface area contributed by atoms with Crippen molar-refractivity contribution >= 4 is 10.9 Å². The van der Waals surface area contributed by atoms with Crippen molar-refractivity contribution in [3.05, 3.63) is 29.5 Å². The van der Waals surface area contributed by atoms with E-state index >= 15 is 0 Å². The lowest BCUT2D eigenvalue weighted by molar-refractivity contribution is 0.472. The molecule has 2 N–H and O–H groups in total. The highest BCUT2D eigenvalue weighted by atomic mass is 16.3. The molecule has 2 aromatic rings. The zero-order valence-corrected chi connectivity index (χ0v) is 7.18. The molecule has 0 aliphatic carbocycles. The first-order valence-electron chi connectivity index (χ1n) is 3.96. The third-order valence-electron chi connectivity index (χ3n) is 2.18. The molecular formula is C10H11NO. The number of hydrogen-bond donors (Lipinski definition) is 2. The molecule has 2 rings (SSSR count). The summed E-state index contributed by atoms with van der Waals surface area (Å²) in [6.45, 7) is 3.93. The molecule has 0 bridgehead atoms. The molecule has 0 saturated carbocycles. The summed E-state index contributed by atoms with van der Waals surface area (Å²) in [6, 6.07) is 5.66. The van der Waals surface area contributed by atoms with Gasteiger partial charge in [-0.25, -0.2) is 0 Å². The summed E-state index contributed by atoms with van der Waals surface area (Å²) >= 11 is 0. The Morgan fingerprint density at radius 2 is 2.00 bits per heavy atom. The molecule has 0 atom stereocenters. The third-order valence-corrected chi connectivity index (χ3v) is 2.18. The maximum Gasteiger partial charge on any atom is 0.119 e. The number of hydrogen-bond acceptors (Lipinski definition) is 1. The molecule has 12 heavy (non-hydrogen) atoms. The Hall–Kier alpha value is -1.44. The summed E-state index contributed by atoms with van der Waals surface area (Å²) in [5, 5.41) is 10.5. The van der Waals surface area contributed by atoms with Crippen molar-refractivity contribution in [2.45, 2.75) is 13.8 Å². The van der Waals surface area contributed by atoms with Crippen LogP contribution in [-0.4, -0.2) is 10.1 Å². The highest BCUT2D eigenvalue weighted by Crippen LogP contribution is 2.26. The van der Waals surface area contributed by atoms with Gasteiger partial charge in [0.25, 0.3) is 0 Å². The summed E-state index contributed by atoms with van der Waals surface area (Å²) < 4.78 is 0. The van der Waals surface area contributed by atoms with E-state index in [2.05, 4.69) is 4.98 Å². The number of phenols is 1. The summed E-state index contributed by atoms with van der Waals surface area (Å²) in [6.07, 6.45) is 0. The predicted octanol–water partition coefficient (Wildman–Crippen LogP) is 2.49. The quantitative estimate of drug-likeness (QED) is 0.611. The van der Waals surface area contributed by atoms with Crippen LogP contribution in [0.4, 0.5) is 0 Å². The first kappa shape index (κ1) is 7.22. The Morgan fingerprint density at radius 3 is 2.75 bits per heavy atom. The number of benzene rings is 1. The van der Waals surface area contributed by atoms with Crippen molar-refractivity contribution in [3.8, 4) is 5.75 Å². The van der Waals surface area contributed by atoms with Gasteiger partial charge in [0.1, 0.15) is 5.75 Å². The molecule has 0 radical (unpaired) electrons. The second-order valence-electron chi connectivity index (χ2n) is 3.12. The highest BCUT2D eigenvalue weighted by Gasteiger charge is 2.03. The van der Waals surface area contributed by atoms with E-state index in [-0.39, 0.29) is 0 Å². The van der Waals surface area contributed by atoms with E-state index in [0.29, 0.717) is 5.75 Å². The van der Waals surface area contributed by atoms with Gasteiger partial charge in [0, 0.05) is 22.2 Å². The number of aromatic nitrogens is 1. The fraction of sp³-hybridized carbons (Fsp3) is 0.200. The minimum atomic E-state index is 0.363. The summed E-state index contributed by atoms with van der Waals surface area (Å²) in [7, 11) is 0. The maximum atomic E-state index is 9.41. The number of rotatable bonds is 0. The fourth-order valence-electron chi connectivity index (χ4n) is 1.48. The lowest BCUT2D eigenvalue weighted by Gasteiger charge is -1.98. The van der Waals surface area contributed by atoms with Gasteiger partial charge in [0.2, 0.25) is 0 Å². The molecular weight excluding hydrogens is 150 g/mol. The van der Waals surface area contributed by atoms with E-state index in [0.717, 1.165) is 22.2 Å². The largest absolute Gasteiger partial charge is 0.508 e. The van der Waals surface area contributed by atoms with Crippen molar-refractivity contribution in [1.29, 1.82) is 0 Å². The standard InChI is InChI=1S/C10H11NO/c1-6-5-8-7(2)10(12)4-3-9(8)11-6/h3-5,11-12H,1-2H3. The molecule has 0 saturated heterocycles. The number of aromatic hydroxyl groups is 1. The van der Waals surface area contributed by atoms with E-state index in [9.17, 15) is 5.11 Å². The lowest BCUT2D eigenvalue weighted by atomic mass is 10.1. The molecule has 62 valence electrons. The lowest BCUT2D eigenvalue weighted by Crippen LogP contribution is -1.75. The number of fused-ring (bicyclic) bond motifs is 1. The average molecular weight is 161 g/mol. The predicted molar refractivity (Wildman–Crippen MR) is 49.4 cm³/mol. The number of phenolic OH excluding ortho intramolecular Hbond substituents is 1. The zero-order chi connectivity index (χ0) is 8.72. The second-order valence-corrected chi connectivity index (χ2v) is 3.12. The van der Waals surface area contributed by atoms with Crippen LogP contribution in [0.3, 0.4) is 0 Å². The number of H-pyrrole nitrogens is 1. The average Bonchev–Trinajstić information content (AvgIpc) is 2.39. The molecule has 2 heteroatoms. The number of aryl methyl sites for hydroxylation is 2. The molecule has 0 spiro atoms. The Morgan fingerprint density at radius 1 is 1.25 bits per heavy atom. The molecule has 0 aliphatic heterocycles. The van der Waals surface area contributed by atoms with Gasteiger partial charge in [0.05, 0.1) is 0 Å². The van der Waals surface area contributed by atoms with Gasteiger partial charge in [-0.3, -0.25) is 0 Å². The summed E-state index contributed by atoms with van der Waals surface area (Å²) in [5.41, 5.74) is 3.15. The molecule has 0 unspecified atom stereocenters. The van der Waals surface area contributed by atoms with Gasteiger partial charge in [-0.2, -0.15) is 0 Å². The van der Waals surface area contributed by atoms with E-state index in [1.54, 1.807) is 6.07 Å². The van der Waals surface area contributed by atoms with Crippen molar-refractivity contribution in [3.63, 3.8) is 0 Å². The van der Waals surface area contributed by atoms with Gasteiger partial charge in [-0.05, 0) is 32.0 Å². The second kappa shape index (κ2) is 2.27. The van der Waals surface area contributed by atoms with Gasteiger partial charge >= 0.3 is 0 Å². The third kappa shape index (κ3) is 0.881. The minimum absolute atomic E-state index is 0.363. The first-order valence-corrected chi connectivity index (χ1v) is 3.96. The van der Waals surface area contributed by atoms with E-state index in [4.69, 9.17) is 0 Å². The van der Waals surface area contributed by atoms with Gasteiger partial charge in [-0.1, -0.05) is 0 Å². The van der Waals surface area contributed by atoms with Gasteiger partial charge in [0.15, 0.2) is 0 Å². The Bertz CT molecular complexity index is 429. The van der Waals surface area contributed by atoms with Crippen molar-refractivity contribution in [2.75, 3.05) is 0 Å². The van der Waals surface area contributed by atoms with Crippen LogP contribution in [0.2, 0.25) is 0 Å². The molecule has 0 fully saturated rings.